The Hall–Kier alpha value is -0.930. The lowest BCUT2D eigenvalue weighted by atomic mass is 9.45. The van der Waals surface area contributed by atoms with Crippen LogP contribution in [0.15, 0.2) is 23.8 Å². The average molecular weight is 375 g/mol. The molecule has 4 aliphatic rings. The van der Waals surface area contributed by atoms with Crippen LogP contribution in [0.4, 0.5) is 0 Å². The van der Waals surface area contributed by atoms with Gasteiger partial charge in [0.25, 0.3) is 0 Å². The number of allylic oxidation sites excluding steroid dienone is 4. The van der Waals surface area contributed by atoms with E-state index in [1.165, 1.54) is 5.57 Å². The Morgan fingerprint density at radius 3 is 2.63 bits per heavy atom. The number of aliphatic hydroxyl groups excluding tert-OH is 2. The molecule has 4 rings (SSSR count). The lowest BCUT2D eigenvalue weighted by Crippen LogP contribution is -2.57. The van der Waals surface area contributed by atoms with Gasteiger partial charge in [-0.25, -0.2) is 0 Å². The Bertz CT molecular complexity index is 636. The second-order valence-electron chi connectivity index (χ2n) is 9.54. The fourth-order valence-corrected chi connectivity index (χ4v) is 7.56. The van der Waals surface area contributed by atoms with Crippen LogP contribution in [0.2, 0.25) is 0 Å². The second kappa shape index (κ2) is 7.48. The van der Waals surface area contributed by atoms with E-state index >= 15 is 0 Å². The first kappa shape index (κ1) is 20.8. The second-order valence-corrected chi connectivity index (χ2v) is 9.54. The summed E-state index contributed by atoms with van der Waals surface area (Å²) in [5.41, 5.74) is 1.32. The smallest absolute Gasteiger partial charge is 0.161 e. The van der Waals surface area contributed by atoms with Crippen LogP contribution < -0.4 is 0 Å². The van der Waals surface area contributed by atoms with E-state index in [0.29, 0.717) is 24.2 Å². The summed E-state index contributed by atoms with van der Waals surface area (Å²) in [6.45, 7) is 10.5. The largest absolute Gasteiger partial charge is 0.393 e. The zero-order valence-corrected chi connectivity index (χ0v) is 17.7. The predicted molar refractivity (Wildman–Crippen MR) is 109 cm³/mol. The van der Waals surface area contributed by atoms with Gasteiger partial charge in [0.05, 0.1) is 6.10 Å². The van der Waals surface area contributed by atoms with Gasteiger partial charge in [0.2, 0.25) is 0 Å². The standard InChI is InChI=1S/C22H32O3.C2H6/c1-13-10-14-16-7-8-17(19(25)12-23)22(16,3)11-18(24)20(14)21(2)9-5-4-6-15(13)21;1-2/h5-6,9,13-14,16-18,20,23-24H,4,7-8,10-12H2,1-3H3;1-2H3/t13-,14?,16?,17?,18?,20+,21?,22?;/m0./s1. The van der Waals surface area contributed by atoms with Gasteiger partial charge in [0.15, 0.2) is 5.78 Å². The molecule has 152 valence electrons. The highest BCUT2D eigenvalue weighted by Gasteiger charge is 2.63. The summed E-state index contributed by atoms with van der Waals surface area (Å²) in [7, 11) is 0. The molecule has 0 heterocycles. The molecular weight excluding hydrogens is 336 g/mol. The lowest BCUT2D eigenvalue weighted by Gasteiger charge is -2.60. The number of Topliss-reactive ketones (excluding diaryl/α,β-unsaturated/α-hetero) is 1. The van der Waals surface area contributed by atoms with Crippen molar-refractivity contribution in [2.24, 2.45) is 40.4 Å². The molecule has 2 N–H and O–H groups in total. The van der Waals surface area contributed by atoms with Gasteiger partial charge in [-0.2, -0.15) is 0 Å². The maximum absolute atomic E-state index is 12.3. The summed E-state index contributed by atoms with van der Waals surface area (Å²) in [4.78, 5) is 12.3. The van der Waals surface area contributed by atoms with E-state index in [-0.39, 0.29) is 41.2 Å². The Kier molecular flexibility index (Phi) is 5.76. The zero-order chi connectivity index (χ0) is 20.0. The fourth-order valence-electron chi connectivity index (χ4n) is 7.56. The van der Waals surface area contributed by atoms with Crippen molar-refractivity contribution in [3.8, 4) is 0 Å². The molecule has 3 heteroatoms. The molecule has 0 bridgehead atoms. The molecule has 8 atom stereocenters. The first-order chi connectivity index (χ1) is 12.8. The highest BCUT2D eigenvalue weighted by Crippen LogP contribution is 2.66. The highest BCUT2D eigenvalue weighted by molar-refractivity contribution is 5.83. The van der Waals surface area contributed by atoms with Gasteiger partial charge in [0, 0.05) is 17.3 Å². The Morgan fingerprint density at radius 1 is 1.26 bits per heavy atom. The number of carbonyl (C=O) groups excluding carboxylic acids is 1. The van der Waals surface area contributed by atoms with E-state index in [0.717, 1.165) is 25.7 Å². The van der Waals surface area contributed by atoms with Crippen molar-refractivity contribution in [2.45, 2.75) is 72.8 Å². The topological polar surface area (TPSA) is 57.5 Å². The fraction of sp³-hybridized carbons (Fsp3) is 0.792. The Labute approximate surface area is 164 Å². The number of carbonyl (C=O) groups is 1. The minimum absolute atomic E-state index is 0.0242. The average Bonchev–Trinajstić information content (AvgIpc) is 2.99. The van der Waals surface area contributed by atoms with Gasteiger partial charge < -0.3 is 10.2 Å². The first-order valence-corrected chi connectivity index (χ1v) is 11.0. The SMILES string of the molecule is CC.C[C@H]1CC2C3CCC(C(=O)CO)C3(C)CC(O)[C@@H]2C2(C)C=CCC=C12. The Morgan fingerprint density at radius 2 is 1.96 bits per heavy atom. The minimum atomic E-state index is -0.373. The molecule has 0 aliphatic heterocycles. The summed E-state index contributed by atoms with van der Waals surface area (Å²) < 4.78 is 0. The van der Waals surface area contributed by atoms with Gasteiger partial charge in [0.1, 0.15) is 6.61 Å². The third kappa shape index (κ3) is 2.97. The normalized spacial score (nSPS) is 47.7. The van der Waals surface area contributed by atoms with Crippen LogP contribution in [0.1, 0.15) is 66.7 Å². The van der Waals surface area contributed by atoms with Gasteiger partial charge in [-0.05, 0) is 55.3 Å². The predicted octanol–water partition coefficient (Wildman–Crippen LogP) is 4.54. The molecule has 0 aromatic carbocycles. The molecule has 0 radical (unpaired) electrons. The van der Waals surface area contributed by atoms with Crippen molar-refractivity contribution in [2.75, 3.05) is 6.61 Å². The molecule has 0 spiro atoms. The van der Waals surface area contributed by atoms with E-state index in [4.69, 9.17) is 0 Å². The van der Waals surface area contributed by atoms with Crippen molar-refractivity contribution in [1.29, 1.82) is 0 Å². The molecule has 27 heavy (non-hydrogen) atoms. The van der Waals surface area contributed by atoms with Crippen molar-refractivity contribution in [1.82, 2.24) is 0 Å². The maximum atomic E-state index is 12.3. The van der Waals surface area contributed by atoms with Gasteiger partial charge in [-0.3, -0.25) is 4.79 Å². The number of hydrogen-bond donors (Lipinski definition) is 2. The summed E-state index contributed by atoms with van der Waals surface area (Å²) >= 11 is 0. The van der Waals surface area contributed by atoms with Crippen molar-refractivity contribution in [3.63, 3.8) is 0 Å². The number of ketones is 1. The van der Waals surface area contributed by atoms with E-state index in [1.54, 1.807) is 0 Å². The number of fused-ring (bicyclic) bond motifs is 5. The molecule has 3 fully saturated rings. The van der Waals surface area contributed by atoms with Crippen LogP contribution in [0, 0.1) is 40.4 Å². The highest BCUT2D eigenvalue weighted by atomic mass is 16.3. The molecular formula is C24H38O3. The van der Waals surface area contributed by atoms with Crippen molar-refractivity contribution >= 4 is 5.78 Å². The van der Waals surface area contributed by atoms with Crippen LogP contribution >= 0.6 is 0 Å². The molecule has 0 amide bonds. The summed E-state index contributed by atoms with van der Waals surface area (Å²) in [6, 6.07) is 0. The molecule has 0 saturated heterocycles. The third-order valence-corrected chi connectivity index (χ3v) is 8.40. The van der Waals surface area contributed by atoms with Crippen LogP contribution in [0.5, 0.6) is 0 Å². The monoisotopic (exact) mass is 374 g/mol. The van der Waals surface area contributed by atoms with E-state index in [2.05, 4.69) is 39.0 Å². The molecule has 6 unspecified atom stereocenters. The summed E-state index contributed by atoms with van der Waals surface area (Å²) in [5, 5.41) is 20.7. The van der Waals surface area contributed by atoms with Gasteiger partial charge >= 0.3 is 0 Å². The quantitative estimate of drug-likeness (QED) is 0.698. The number of aliphatic hydroxyl groups is 2. The van der Waals surface area contributed by atoms with E-state index in [9.17, 15) is 15.0 Å². The van der Waals surface area contributed by atoms with Crippen molar-refractivity contribution < 1.29 is 15.0 Å². The van der Waals surface area contributed by atoms with E-state index in [1.807, 2.05) is 13.8 Å². The molecule has 4 aliphatic carbocycles. The zero-order valence-electron chi connectivity index (χ0n) is 17.7. The van der Waals surface area contributed by atoms with Crippen LogP contribution in [0.3, 0.4) is 0 Å². The van der Waals surface area contributed by atoms with Crippen LogP contribution in [-0.2, 0) is 4.79 Å². The lowest BCUT2D eigenvalue weighted by molar-refractivity contribution is -0.142. The number of hydrogen-bond acceptors (Lipinski definition) is 3. The number of rotatable bonds is 2. The van der Waals surface area contributed by atoms with Crippen molar-refractivity contribution in [3.05, 3.63) is 23.8 Å². The molecule has 0 aromatic rings. The van der Waals surface area contributed by atoms with Gasteiger partial charge in [-0.1, -0.05) is 58.4 Å². The van der Waals surface area contributed by atoms with Gasteiger partial charge in [-0.15, -0.1) is 0 Å². The molecule has 0 aromatic heterocycles. The first-order valence-electron chi connectivity index (χ1n) is 11.0. The molecule has 3 nitrogen and oxygen atoms in total. The summed E-state index contributed by atoms with van der Waals surface area (Å²) in [6.07, 6.45) is 11.4. The molecule has 3 saturated carbocycles. The minimum Gasteiger partial charge on any atom is -0.393 e. The van der Waals surface area contributed by atoms with Crippen LogP contribution in [-0.4, -0.2) is 28.7 Å². The van der Waals surface area contributed by atoms with E-state index < -0.39 is 0 Å². The summed E-state index contributed by atoms with van der Waals surface area (Å²) in [5.74, 6) is 1.64. The maximum Gasteiger partial charge on any atom is 0.161 e. The van der Waals surface area contributed by atoms with Crippen LogP contribution in [0.25, 0.3) is 0 Å². The Balaban J connectivity index is 0.00000102. The third-order valence-electron chi connectivity index (χ3n) is 8.40.